The minimum Gasteiger partial charge on any atom is -0.310 e. The van der Waals surface area contributed by atoms with Crippen LogP contribution in [0, 0.1) is 13.8 Å². The van der Waals surface area contributed by atoms with Gasteiger partial charge in [-0.15, -0.1) is 0 Å². The molecule has 1 nitrogen and oxygen atoms in total. The lowest BCUT2D eigenvalue weighted by Gasteiger charge is -2.12. The Labute approximate surface area is 136 Å². The van der Waals surface area contributed by atoms with Crippen molar-refractivity contribution in [3.63, 3.8) is 0 Å². The molecule has 0 spiro atoms. The van der Waals surface area contributed by atoms with Crippen molar-refractivity contribution in [3.05, 3.63) is 58.1 Å². The largest absolute Gasteiger partial charge is 0.310 e. The lowest BCUT2D eigenvalue weighted by Crippen LogP contribution is -2.15. The van der Waals surface area contributed by atoms with Crippen molar-refractivity contribution in [3.8, 4) is 0 Å². The van der Waals surface area contributed by atoms with E-state index in [0.29, 0.717) is 6.04 Å². The number of aryl methyl sites for hydroxylation is 2. The molecule has 1 aliphatic rings. The van der Waals surface area contributed by atoms with Crippen LogP contribution in [-0.4, -0.2) is 6.04 Å². The smallest absolute Gasteiger partial charge is 0.0410 e. The molecule has 0 radical (unpaired) electrons. The van der Waals surface area contributed by atoms with Gasteiger partial charge in [-0.2, -0.15) is 0 Å². The van der Waals surface area contributed by atoms with E-state index in [1.807, 2.05) is 17.8 Å². The molecule has 3 heteroatoms. The Bertz CT molecular complexity index is 650. The molecule has 1 aliphatic carbocycles. The summed E-state index contributed by atoms with van der Waals surface area (Å²) in [6, 6.07) is 13.5. The summed E-state index contributed by atoms with van der Waals surface area (Å²) in [6.45, 7) is 5.21. The van der Waals surface area contributed by atoms with E-state index in [-0.39, 0.29) is 0 Å². The van der Waals surface area contributed by atoms with Gasteiger partial charge < -0.3 is 5.32 Å². The summed E-state index contributed by atoms with van der Waals surface area (Å²) in [4.78, 5) is 2.62. The monoisotopic (exact) mass is 317 g/mol. The second-order valence-corrected chi connectivity index (χ2v) is 7.30. The standard InChI is InChI=1S/C18H20ClNS/c1-12-3-4-13(2)18(9-12)21-17-8-5-15(19)10-14(17)11-20-16-6-7-16/h3-5,8-10,16,20H,6-7,11H2,1-2H3. The fourth-order valence-corrected chi connectivity index (χ4v) is 3.57. The molecule has 0 atom stereocenters. The van der Waals surface area contributed by atoms with Gasteiger partial charge in [0.1, 0.15) is 0 Å². The molecule has 0 unspecified atom stereocenters. The maximum atomic E-state index is 6.17. The van der Waals surface area contributed by atoms with E-state index in [1.54, 1.807) is 0 Å². The second-order valence-electron chi connectivity index (χ2n) is 5.78. The topological polar surface area (TPSA) is 12.0 Å². The van der Waals surface area contributed by atoms with Crippen molar-refractivity contribution in [1.29, 1.82) is 0 Å². The third-order valence-electron chi connectivity index (χ3n) is 3.74. The van der Waals surface area contributed by atoms with Gasteiger partial charge >= 0.3 is 0 Å². The molecule has 0 bridgehead atoms. The van der Waals surface area contributed by atoms with E-state index in [9.17, 15) is 0 Å². The molecule has 0 saturated heterocycles. The van der Waals surface area contributed by atoms with Gasteiger partial charge in [0.25, 0.3) is 0 Å². The van der Waals surface area contributed by atoms with Gasteiger partial charge in [-0.05, 0) is 67.6 Å². The van der Waals surface area contributed by atoms with Crippen LogP contribution in [0.2, 0.25) is 5.02 Å². The number of benzene rings is 2. The van der Waals surface area contributed by atoms with Crippen molar-refractivity contribution >= 4 is 23.4 Å². The SMILES string of the molecule is Cc1ccc(C)c(Sc2ccc(Cl)cc2CNC2CC2)c1. The molecular formula is C18H20ClNS. The molecular weight excluding hydrogens is 298 g/mol. The Morgan fingerprint density at radius 2 is 1.90 bits per heavy atom. The summed E-state index contributed by atoms with van der Waals surface area (Å²) in [5.41, 5.74) is 3.91. The summed E-state index contributed by atoms with van der Waals surface area (Å²) >= 11 is 8.01. The fourth-order valence-electron chi connectivity index (χ4n) is 2.26. The summed E-state index contributed by atoms with van der Waals surface area (Å²) < 4.78 is 0. The van der Waals surface area contributed by atoms with Crippen LogP contribution in [0.25, 0.3) is 0 Å². The first-order valence-corrected chi connectivity index (χ1v) is 8.58. The van der Waals surface area contributed by atoms with Gasteiger partial charge in [-0.1, -0.05) is 35.5 Å². The molecule has 3 rings (SSSR count). The predicted molar refractivity (Wildman–Crippen MR) is 91.4 cm³/mol. The van der Waals surface area contributed by atoms with Crippen molar-refractivity contribution < 1.29 is 0 Å². The molecule has 1 fully saturated rings. The van der Waals surface area contributed by atoms with Crippen LogP contribution in [0.3, 0.4) is 0 Å². The zero-order valence-electron chi connectivity index (χ0n) is 12.4. The Balaban J connectivity index is 1.84. The summed E-state index contributed by atoms with van der Waals surface area (Å²) in [7, 11) is 0. The lowest BCUT2D eigenvalue weighted by molar-refractivity contribution is 0.680. The average Bonchev–Trinajstić information content (AvgIpc) is 3.27. The number of halogens is 1. The Hall–Kier alpha value is -0.960. The number of hydrogen-bond donors (Lipinski definition) is 1. The quantitative estimate of drug-likeness (QED) is 0.796. The van der Waals surface area contributed by atoms with Crippen molar-refractivity contribution in [1.82, 2.24) is 5.32 Å². The first-order valence-electron chi connectivity index (χ1n) is 7.39. The summed E-state index contributed by atoms with van der Waals surface area (Å²) in [5, 5.41) is 4.39. The number of hydrogen-bond acceptors (Lipinski definition) is 2. The highest BCUT2D eigenvalue weighted by Gasteiger charge is 2.20. The minimum absolute atomic E-state index is 0.711. The number of rotatable bonds is 5. The summed E-state index contributed by atoms with van der Waals surface area (Å²) in [6.07, 6.45) is 2.61. The van der Waals surface area contributed by atoms with E-state index in [4.69, 9.17) is 11.6 Å². The molecule has 1 saturated carbocycles. The van der Waals surface area contributed by atoms with Crippen LogP contribution >= 0.6 is 23.4 Å². The van der Waals surface area contributed by atoms with Gasteiger partial charge in [0.2, 0.25) is 0 Å². The van der Waals surface area contributed by atoms with Gasteiger partial charge in [-0.3, -0.25) is 0 Å². The maximum Gasteiger partial charge on any atom is 0.0410 e. The zero-order chi connectivity index (χ0) is 14.8. The Morgan fingerprint density at radius 3 is 2.67 bits per heavy atom. The molecule has 2 aromatic carbocycles. The van der Waals surface area contributed by atoms with Crippen LogP contribution in [0.1, 0.15) is 29.5 Å². The lowest BCUT2D eigenvalue weighted by atomic mass is 10.2. The molecule has 110 valence electrons. The van der Waals surface area contributed by atoms with Gasteiger partial charge in [0.15, 0.2) is 0 Å². The molecule has 0 aromatic heterocycles. The van der Waals surface area contributed by atoms with Crippen LogP contribution in [-0.2, 0) is 6.54 Å². The van der Waals surface area contributed by atoms with Crippen LogP contribution in [0.5, 0.6) is 0 Å². The highest BCUT2D eigenvalue weighted by atomic mass is 35.5. The van der Waals surface area contributed by atoms with Gasteiger partial charge in [0, 0.05) is 27.4 Å². The van der Waals surface area contributed by atoms with Gasteiger partial charge in [0.05, 0.1) is 0 Å². The molecule has 1 N–H and O–H groups in total. The van der Waals surface area contributed by atoms with Crippen molar-refractivity contribution in [2.45, 2.75) is 49.1 Å². The van der Waals surface area contributed by atoms with Gasteiger partial charge in [-0.25, -0.2) is 0 Å². The normalized spacial score (nSPS) is 14.4. The molecule has 0 aliphatic heterocycles. The van der Waals surface area contributed by atoms with Crippen LogP contribution < -0.4 is 5.32 Å². The second kappa shape index (κ2) is 6.43. The average molecular weight is 318 g/mol. The zero-order valence-corrected chi connectivity index (χ0v) is 14.0. The van der Waals surface area contributed by atoms with E-state index < -0.39 is 0 Å². The Morgan fingerprint density at radius 1 is 1.10 bits per heavy atom. The van der Waals surface area contributed by atoms with E-state index in [1.165, 1.54) is 39.3 Å². The van der Waals surface area contributed by atoms with Crippen molar-refractivity contribution in [2.75, 3.05) is 0 Å². The first-order chi connectivity index (χ1) is 10.1. The molecule has 0 heterocycles. The third-order valence-corrected chi connectivity index (χ3v) is 5.26. The molecule has 21 heavy (non-hydrogen) atoms. The summed E-state index contributed by atoms with van der Waals surface area (Å²) in [5.74, 6) is 0. The number of nitrogens with one attached hydrogen (secondary N) is 1. The molecule has 2 aromatic rings. The van der Waals surface area contributed by atoms with Crippen molar-refractivity contribution in [2.24, 2.45) is 0 Å². The molecule has 0 amide bonds. The van der Waals surface area contributed by atoms with E-state index in [0.717, 1.165) is 11.6 Å². The van der Waals surface area contributed by atoms with E-state index in [2.05, 4.69) is 49.5 Å². The first kappa shape index (κ1) is 15.0. The minimum atomic E-state index is 0.711. The highest BCUT2D eigenvalue weighted by molar-refractivity contribution is 7.99. The fraction of sp³-hybridized carbons (Fsp3) is 0.333. The predicted octanol–water partition coefficient (Wildman–Crippen LogP) is 5.36. The third kappa shape index (κ3) is 4.03. The van der Waals surface area contributed by atoms with Crippen LogP contribution in [0.4, 0.5) is 0 Å². The highest BCUT2D eigenvalue weighted by Crippen LogP contribution is 2.34. The van der Waals surface area contributed by atoms with Crippen LogP contribution in [0.15, 0.2) is 46.2 Å². The maximum absolute atomic E-state index is 6.17. The van der Waals surface area contributed by atoms with E-state index >= 15 is 0 Å². The Kier molecular flexibility index (Phi) is 4.58.